The number of nitrogens with one attached hydrogen (secondary N) is 2. The summed E-state index contributed by atoms with van der Waals surface area (Å²) in [5.41, 5.74) is 0. The van der Waals surface area contributed by atoms with Crippen LogP contribution in [0, 0.1) is 5.92 Å². The number of hydrogen-bond acceptors (Lipinski definition) is 2. The minimum absolute atomic E-state index is 0.0335. The Morgan fingerprint density at radius 2 is 1.52 bits per heavy atom. The molecule has 2 N–H and O–H groups in total. The zero-order chi connectivity index (χ0) is 15.2. The normalized spacial score (nSPS) is 20.8. The van der Waals surface area contributed by atoms with Crippen LogP contribution in [0.2, 0.25) is 0 Å². The van der Waals surface area contributed by atoms with Crippen LogP contribution in [0.1, 0.15) is 58.8 Å². The highest BCUT2D eigenvalue weighted by atomic mass is 16.2. The Morgan fingerprint density at radius 1 is 1.00 bits per heavy atom. The summed E-state index contributed by atoms with van der Waals surface area (Å²) in [6.45, 7) is 5.67. The molecule has 1 heterocycles. The van der Waals surface area contributed by atoms with E-state index in [1.807, 2.05) is 4.90 Å². The highest BCUT2D eigenvalue weighted by molar-refractivity contribution is 5.77. The molecule has 5 heteroatoms. The Morgan fingerprint density at radius 3 is 2.05 bits per heavy atom. The molecule has 2 aliphatic rings. The fraction of sp³-hybridized carbons (Fsp3) is 0.875. The summed E-state index contributed by atoms with van der Waals surface area (Å²) in [5, 5.41) is 6.11. The molecule has 0 unspecified atom stereocenters. The van der Waals surface area contributed by atoms with E-state index in [9.17, 15) is 9.59 Å². The average molecular weight is 295 g/mol. The van der Waals surface area contributed by atoms with E-state index >= 15 is 0 Å². The van der Waals surface area contributed by atoms with Crippen LogP contribution in [0.4, 0.5) is 4.79 Å². The topological polar surface area (TPSA) is 61.4 Å². The number of rotatable bonds is 4. The summed E-state index contributed by atoms with van der Waals surface area (Å²) < 4.78 is 0. The lowest BCUT2D eigenvalue weighted by Crippen LogP contribution is -2.50. The summed E-state index contributed by atoms with van der Waals surface area (Å²) in [7, 11) is 0. The number of urea groups is 1. The lowest BCUT2D eigenvalue weighted by molar-refractivity contribution is -0.133. The largest absolute Gasteiger partial charge is 0.343 e. The fourth-order valence-corrected chi connectivity index (χ4v) is 3.23. The third kappa shape index (κ3) is 5.21. The van der Waals surface area contributed by atoms with Gasteiger partial charge >= 0.3 is 6.03 Å². The second kappa shape index (κ2) is 7.66. The van der Waals surface area contributed by atoms with Gasteiger partial charge in [0, 0.05) is 31.6 Å². The highest BCUT2D eigenvalue weighted by Gasteiger charge is 2.25. The van der Waals surface area contributed by atoms with Gasteiger partial charge in [0.05, 0.1) is 0 Å². The third-order valence-corrected chi connectivity index (χ3v) is 4.46. The van der Waals surface area contributed by atoms with E-state index in [2.05, 4.69) is 24.5 Å². The van der Waals surface area contributed by atoms with Crippen LogP contribution in [0.3, 0.4) is 0 Å². The van der Waals surface area contributed by atoms with Crippen molar-refractivity contribution in [2.45, 2.75) is 70.9 Å². The Labute approximate surface area is 127 Å². The van der Waals surface area contributed by atoms with E-state index in [0.717, 1.165) is 38.8 Å². The van der Waals surface area contributed by atoms with Gasteiger partial charge < -0.3 is 15.5 Å². The molecule has 1 saturated heterocycles. The minimum Gasteiger partial charge on any atom is -0.343 e. The zero-order valence-electron chi connectivity index (χ0n) is 13.4. The monoisotopic (exact) mass is 295 g/mol. The molecule has 0 aromatic heterocycles. The molecule has 1 aliphatic heterocycles. The molecule has 1 saturated carbocycles. The van der Waals surface area contributed by atoms with Gasteiger partial charge in [0.2, 0.25) is 5.91 Å². The summed E-state index contributed by atoms with van der Waals surface area (Å²) in [6, 6.07) is 0.529. The van der Waals surface area contributed by atoms with Gasteiger partial charge in [-0.3, -0.25) is 4.79 Å². The lowest BCUT2D eigenvalue weighted by Gasteiger charge is -2.33. The summed E-state index contributed by atoms with van der Waals surface area (Å²) in [4.78, 5) is 25.9. The SMILES string of the molecule is CC(C)CC(=O)N1CCC(NC(=O)NC2CCCC2)CC1. The Hall–Kier alpha value is -1.26. The molecule has 0 atom stereocenters. The van der Waals surface area contributed by atoms with Crippen molar-refractivity contribution in [3.8, 4) is 0 Å². The molecule has 120 valence electrons. The van der Waals surface area contributed by atoms with Gasteiger partial charge in [0.1, 0.15) is 0 Å². The van der Waals surface area contributed by atoms with E-state index in [4.69, 9.17) is 0 Å². The van der Waals surface area contributed by atoms with Gasteiger partial charge in [-0.2, -0.15) is 0 Å². The molecular formula is C16H29N3O2. The smallest absolute Gasteiger partial charge is 0.315 e. The van der Waals surface area contributed by atoms with Crippen molar-refractivity contribution >= 4 is 11.9 Å². The molecule has 0 bridgehead atoms. The molecule has 2 fully saturated rings. The second-order valence-electron chi connectivity index (χ2n) is 6.85. The van der Waals surface area contributed by atoms with Crippen LogP contribution >= 0.6 is 0 Å². The van der Waals surface area contributed by atoms with E-state index in [-0.39, 0.29) is 18.0 Å². The van der Waals surface area contributed by atoms with Crippen molar-refractivity contribution in [3.05, 3.63) is 0 Å². The fourth-order valence-electron chi connectivity index (χ4n) is 3.23. The average Bonchev–Trinajstić information content (AvgIpc) is 2.91. The first-order valence-electron chi connectivity index (χ1n) is 8.39. The van der Waals surface area contributed by atoms with Crippen molar-refractivity contribution in [1.29, 1.82) is 0 Å². The van der Waals surface area contributed by atoms with Gasteiger partial charge in [-0.25, -0.2) is 4.79 Å². The van der Waals surface area contributed by atoms with E-state index < -0.39 is 0 Å². The molecule has 0 aromatic carbocycles. The number of piperidine rings is 1. The summed E-state index contributed by atoms with van der Waals surface area (Å²) >= 11 is 0. The van der Waals surface area contributed by atoms with Crippen molar-refractivity contribution in [3.63, 3.8) is 0 Å². The number of amides is 3. The number of hydrogen-bond donors (Lipinski definition) is 2. The van der Waals surface area contributed by atoms with Gasteiger partial charge in [0.25, 0.3) is 0 Å². The minimum atomic E-state index is -0.0335. The molecular weight excluding hydrogens is 266 g/mol. The van der Waals surface area contributed by atoms with Gasteiger partial charge in [-0.15, -0.1) is 0 Å². The van der Waals surface area contributed by atoms with Gasteiger partial charge in [0.15, 0.2) is 0 Å². The quantitative estimate of drug-likeness (QED) is 0.836. The van der Waals surface area contributed by atoms with E-state index in [1.165, 1.54) is 12.8 Å². The van der Waals surface area contributed by atoms with Crippen LogP contribution < -0.4 is 10.6 Å². The summed E-state index contributed by atoms with van der Waals surface area (Å²) in [6.07, 6.45) is 7.01. The maximum absolute atomic E-state index is 12.0. The molecule has 5 nitrogen and oxygen atoms in total. The molecule has 21 heavy (non-hydrogen) atoms. The van der Waals surface area contributed by atoms with Crippen LogP contribution in [-0.4, -0.2) is 42.0 Å². The Bertz CT molecular complexity index is 357. The van der Waals surface area contributed by atoms with Gasteiger partial charge in [-0.1, -0.05) is 26.7 Å². The Balaban J connectivity index is 1.66. The first-order valence-corrected chi connectivity index (χ1v) is 8.39. The molecule has 2 rings (SSSR count). The van der Waals surface area contributed by atoms with E-state index in [0.29, 0.717) is 18.4 Å². The summed E-state index contributed by atoms with van der Waals surface area (Å²) in [5.74, 6) is 0.657. The van der Waals surface area contributed by atoms with Crippen molar-refractivity contribution in [2.24, 2.45) is 5.92 Å². The van der Waals surface area contributed by atoms with Crippen LogP contribution in [0.15, 0.2) is 0 Å². The van der Waals surface area contributed by atoms with Crippen LogP contribution in [0.5, 0.6) is 0 Å². The highest BCUT2D eigenvalue weighted by Crippen LogP contribution is 2.18. The number of carbonyl (C=O) groups excluding carboxylic acids is 2. The standard InChI is InChI=1S/C16H29N3O2/c1-12(2)11-15(20)19-9-7-14(8-10-19)18-16(21)17-13-5-3-4-6-13/h12-14H,3-11H2,1-2H3,(H2,17,18,21). The first kappa shape index (κ1) is 16.1. The predicted molar refractivity (Wildman–Crippen MR) is 83.0 cm³/mol. The third-order valence-electron chi connectivity index (χ3n) is 4.46. The van der Waals surface area contributed by atoms with Crippen LogP contribution in [-0.2, 0) is 4.79 Å². The number of carbonyl (C=O) groups is 2. The predicted octanol–water partition coefficient (Wildman–Crippen LogP) is 2.27. The molecule has 1 aliphatic carbocycles. The van der Waals surface area contributed by atoms with Crippen molar-refractivity contribution in [1.82, 2.24) is 15.5 Å². The van der Waals surface area contributed by atoms with E-state index in [1.54, 1.807) is 0 Å². The maximum atomic E-state index is 12.0. The Kier molecular flexibility index (Phi) is 5.88. The zero-order valence-corrected chi connectivity index (χ0v) is 13.4. The number of nitrogens with zero attached hydrogens (tertiary/aromatic N) is 1. The second-order valence-corrected chi connectivity index (χ2v) is 6.85. The number of likely N-dealkylation sites (tertiary alicyclic amines) is 1. The molecule has 3 amide bonds. The first-order chi connectivity index (χ1) is 10.0. The van der Waals surface area contributed by atoms with Gasteiger partial charge in [-0.05, 0) is 31.6 Å². The molecule has 0 radical (unpaired) electrons. The van der Waals surface area contributed by atoms with Crippen molar-refractivity contribution < 1.29 is 9.59 Å². The van der Waals surface area contributed by atoms with Crippen molar-refractivity contribution in [2.75, 3.05) is 13.1 Å². The van der Waals surface area contributed by atoms with Crippen LogP contribution in [0.25, 0.3) is 0 Å². The maximum Gasteiger partial charge on any atom is 0.315 e. The lowest BCUT2D eigenvalue weighted by atomic mass is 10.0. The molecule has 0 aromatic rings. The molecule has 0 spiro atoms.